The fraction of sp³-hybridized carbons (Fsp3) is 0.211. The molecule has 0 atom stereocenters. The maximum atomic E-state index is 13.8. The number of ether oxygens (including phenoxy) is 3. The van der Waals surface area contributed by atoms with Crippen LogP contribution in [0.5, 0.6) is 11.5 Å². The van der Waals surface area contributed by atoms with Crippen LogP contribution >= 0.6 is 0 Å². The van der Waals surface area contributed by atoms with Crippen LogP contribution in [0, 0.1) is 5.82 Å². The molecule has 7 nitrogen and oxygen atoms in total. The smallest absolute Gasteiger partial charge is 0.361 e. The number of aromatic nitrogens is 3. The van der Waals surface area contributed by atoms with E-state index < -0.39 is 11.8 Å². The predicted octanol–water partition coefficient (Wildman–Crippen LogP) is 3.38. The maximum Gasteiger partial charge on any atom is 0.361 e. The molecule has 0 radical (unpaired) electrons. The number of nitrogens with zero attached hydrogens (tertiary/aromatic N) is 2. The Morgan fingerprint density at radius 3 is 2.70 bits per heavy atom. The van der Waals surface area contributed by atoms with Gasteiger partial charge >= 0.3 is 5.97 Å². The molecule has 0 saturated carbocycles. The van der Waals surface area contributed by atoms with E-state index in [1.54, 1.807) is 43.3 Å². The molecule has 0 aliphatic heterocycles. The molecule has 0 saturated heterocycles. The molecule has 0 aliphatic rings. The van der Waals surface area contributed by atoms with Gasteiger partial charge in [-0.3, -0.25) is 0 Å². The Labute approximate surface area is 155 Å². The molecule has 0 aliphatic carbocycles. The highest BCUT2D eigenvalue weighted by molar-refractivity contribution is 5.94. The average molecular weight is 371 g/mol. The van der Waals surface area contributed by atoms with Crippen LogP contribution in [0.4, 0.5) is 4.39 Å². The topological polar surface area (TPSA) is 86.3 Å². The number of rotatable bonds is 7. The summed E-state index contributed by atoms with van der Waals surface area (Å²) >= 11 is 0. The molecular formula is C19H18FN3O4. The highest BCUT2D eigenvalue weighted by atomic mass is 19.1. The molecule has 1 heterocycles. The lowest BCUT2D eigenvalue weighted by atomic mass is 10.1. The number of hydrogen-bond acceptors (Lipinski definition) is 6. The van der Waals surface area contributed by atoms with Gasteiger partial charge in [0.15, 0.2) is 17.3 Å². The van der Waals surface area contributed by atoms with Crippen LogP contribution in [0.25, 0.3) is 11.3 Å². The van der Waals surface area contributed by atoms with Crippen LogP contribution in [0.15, 0.2) is 42.5 Å². The van der Waals surface area contributed by atoms with Gasteiger partial charge in [-0.25, -0.2) is 9.18 Å². The van der Waals surface area contributed by atoms with Crippen molar-refractivity contribution >= 4 is 5.97 Å². The molecule has 0 unspecified atom stereocenters. The van der Waals surface area contributed by atoms with Gasteiger partial charge < -0.3 is 14.2 Å². The average Bonchev–Trinajstić information content (AvgIpc) is 3.17. The van der Waals surface area contributed by atoms with Crippen molar-refractivity contribution in [3.05, 3.63) is 59.5 Å². The van der Waals surface area contributed by atoms with Crippen molar-refractivity contribution in [3.8, 4) is 22.8 Å². The first kappa shape index (κ1) is 18.4. The summed E-state index contributed by atoms with van der Waals surface area (Å²) in [6, 6.07) is 11.4. The summed E-state index contributed by atoms with van der Waals surface area (Å²) in [6.45, 7) is 2.02. The number of esters is 1. The number of carbonyl (C=O) groups is 1. The molecule has 2 aromatic carbocycles. The first-order valence-corrected chi connectivity index (χ1v) is 8.26. The molecule has 0 fully saturated rings. The summed E-state index contributed by atoms with van der Waals surface area (Å²) in [4.78, 5) is 12.0. The fourth-order valence-corrected chi connectivity index (χ4v) is 2.53. The second kappa shape index (κ2) is 8.31. The molecule has 3 rings (SSSR count). The van der Waals surface area contributed by atoms with Crippen LogP contribution < -0.4 is 9.47 Å². The van der Waals surface area contributed by atoms with Crippen molar-refractivity contribution in [2.75, 3.05) is 13.7 Å². The van der Waals surface area contributed by atoms with Crippen LogP contribution in [0.1, 0.15) is 23.0 Å². The SMILES string of the molecule is CCOC(=O)c1n[nH]nc1-c1ccc(OC)c(COc2ccccc2F)c1. The third-order valence-corrected chi connectivity index (χ3v) is 3.79. The van der Waals surface area contributed by atoms with E-state index >= 15 is 0 Å². The van der Waals surface area contributed by atoms with Gasteiger partial charge in [-0.15, -0.1) is 5.10 Å². The number of halogens is 1. The number of carbonyl (C=O) groups excluding carboxylic acids is 1. The minimum absolute atomic E-state index is 0.0739. The van der Waals surface area contributed by atoms with E-state index in [0.717, 1.165) is 0 Å². The summed E-state index contributed by atoms with van der Waals surface area (Å²) in [5.41, 5.74) is 1.72. The highest BCUT2D eigenvalue weighted by Gasteiger charge is 2.20. The Kier molecular flexibility index (Phi) is 5.65. The predicted molar refractivity (Wildman–Crippen MR) is 95.1 cm³/mol. The van der Waals surface area contributed by atoms with Gasteiger partial charge in [-0.05, 0) is 37.3 Å². The molecule has 0 bridgehead atoms. The number of methoxy groups -OCH3 is 1. The third kappa shape index (κ3) is 4.05. The van der Waals surface area contributed by atoms with E-state index in [-0.39, 0.29) is 24.7 Å². The quantitative estimate of drug-likeness (QED) is 0.641. The van der Waals surface area contributed by atoms with E-state index in [4.69, 9.17) is 14.2 Å². The van der Waals surface area contributed by atoms with E-state index in [9.17, 15) is 9.18 Å². The number of para-hydroxylation sites is 1. The first-order chi connectivity index (χ1) is 13.1. The number of hydrogen-bond donors (Lipinski definition) is 1. The van der Waals surface area contributed by atoms with E-state index in [1.807, 2.05) is 0 Å². The number of nitrogens with one attached hydrogen (secondary N) is 1. The van der Waals surface area contributed by atoms with E-state index in [1.165, 1.54) is 13.2 Å². The second-order valence-electron chi connectivity index (χ2n) is 5.49. The second-order valence-corrected chi connectivity index (χ2v) is 5.49. The molecule has 3 aromatic rings. The maximum absolute atomic E-state index is 13.8. The van der Waals surface area contributed by atoms with Gasteiger partial charge in [0, 0.05) is 11.1 Å². The van der Waals surface area contributed by atoms with Crippen LogP contribution in [-0.2, 0) is 11.3 Å². The van der Waals surface area contributed by atoms with Gasteiger partial charge in [0.2, 0.25) is 0 Å². The molecule has 0 amide bonds. The lowest BCUT2D eigenvalue weighted by molar-refractivity contribution is 0.0520. The Bertz CT molecular complexity index is 942. The van der Waals surface area contributed by atoms with Crippen molar-refractivity contribution in [3.63, 3.8) is 0 Å². The van der Waals surface area contributed by atoms with E-state index in [2.05, 4.69) is 15.4 Å². The summed E-state index contributed by atoms with van der Waals surface area (Å²) in [5.74, 6) is -0.315. The zero-order chi connectivity index (χ0) is 19.2. The normalized spacial score (nSPS) is 10.5. The molecule has 27 heavy (non-hydrogen) atoms. The van der Waals surface area contributed by atoms with Gasteiger partial charge in [-0.1, -0.05) is 12.1 Å². The van der Waals surface area contributed by atoms with Crippen molar-refractivity contribution in [1.82, 2.24) is 15.4 Å². The van der Waals surface area contributed by atoms with Crippen molar-refractivity contribution in [2.45, 2.75) is 13.5 Å². The largest absolute Gasteiger partial charge is 0.496 e. The third-order valence-electron chi connectivity index (χ3n) is 3.79. The molecule has 0 spiro atoms. The van der Waals surface area contributed by atoms with Crippen LogP contribution in [-0.4, -0.2) is 35.1 Å². The summed E-state index contributed by atoms with van der Waals surface area (Å²) in [6.07, 6.45) is 0. The standard InChI is InChI=1S/C19H18FN3O4/c1-3-26-19(24)18-17(21-23-22-18)12-8-9-15(25-2)13(10-12)11-27-16-7-5-4-6-14(16)20/h4-10H,3,11H2,1-2H3,(H,21,22,23). The summed E-state index contributed by atoms with van der Waals surface area (Å²) < 4.78 is 29.7. The van der Waals surface area contributed by atoms with Crippen LogP contribution in [0.2, 0.25) is 0 Å². The first-order valence-electron chi connectivity index (χ1n) is 8.26. The van der Waals surface area contributed by atoms with Gasteiger partial charge in [0.25, 0.3) is 0 Å². The molecule has 1 aromatic heterocycles. The van der Waals surface area contributed by atoms with E-state index in [0.29, 0.717) is 22.6 Å². The minimum atomic E-state index is -0.568. The molecular weight excluding hydrogens is 353 g/mol. The monoisotopic (exact) mass is 371 g/mol. The molecule has 1 N–H and O–H groups in total. The van der Waals surface area contributed by atoms with Crippen LogP contribution in [0.3, 0.4) is 0 Å². The van der Waals surface area contributed by atoms with Gasteiger partial charge in [0.1, 0.15) is 18.1 Å². The Morgan fingerprint density at radius 1 is 1.15 bits per heavy atom. The summed E-state index contributed by atoms with van der Waals surface area (Å²) in [5, 5.41) is 10.3. The fourth-order valence-electron chi connectivity index (χ4n) is 2.53. The number of H-pyrrole nitrogens is 1. The number of aromatic amines is 1. The highest BCUT2D eigenvalue weighted by Crippen LogP contribution is 2.28. The minimum Gasteiger partial charge on any atom is -0.496 e. The lowest BCUT2D eigenvalue weighted by Crippen LogP contribution is -2.07. The Hall–Kier alpha value is -3.42. The number of benzene rings is 2. The van der Waals surface area contributed by atoms with Crippen molar-refractivity contribution < 1.29 is 23.4 Å². The Morgan fingerprint density at radius 2 is 1.96 bits per heavy atom. The summed E-state index contributed by atoms with van der Waals surface area (Å²) in [7, 11) is 1.53. The zero-order valence-corrected chi connectivity index (χ0v) is 14.9. The Balaban J connectivity index is 1.89. The lowest BCUT2D eigenvalue weighted by Gasteiger charge is -2.12. The van der Waals surface area contributed by atoms with Gasteiger partial charge in [0.05, 0.1) is 13.7 Å². The van der Waals surface area contributed by atoms with Crippen molar-refractivity contribution in [1.29, 1.82) is 0 Å². The molecule has 140 valence electrons. The van der Waals surface area contributed by atoms with Gasteiger partial charge in [-0.2, -0.15) is 10.3 Å². The van der Waals surface area contributed by atoms with Crippen molar-refractivity contribution in [2.24, 2.45) is 0 Å². The molecule has 8 heteroatoms. The zero-order valence-electron chi connectivity index (χ0n) is 14.9.